The number of amides is 1. The number of nitrogens with zero attached hydrogens (tertiary/aromatic N) is 2. The Morgan fingerprint density at radius 1 is 1.29 bits per heavy atom. The van der Waals surface area contributed by atoms with Gasteiger partial charge in [0.15, 0.2) is 0 Å². The summed E-state index contributed by atoms with van der Waals surface area (Å²) in [6.07, 6.45) is 3.78. The highest BCUT2D eigenvalue weighted by atomic mass is 35.5. The Morgan fingerprint density at radius 2 is 2.11 bits per heavy atom. The smallest absolute Gasteiger partial charge is 0.257 e. The van der Waals surface area contributed by atoms with Crippen molar-refractivity contribution in [2.45, 2.75) is 42.6 Å². The zero-order valence-corrected chi connectivity index (χ0v) is 17.2. The van der Waals surface area contributed by atoms with Gasteiger partial charge in [-0.3, -0.25) is 10.1 Å². The molecule has 1 amide bonds. The highest BCUT2D eigenvalue weighted by Crippen LogP contribution is 2.42. The number of carbonyl (C=O) groups is 1. The largest absolute Gasteiger partial charge is 0.377 e. The molecule has 1 atom stereocenters. The lowest BCUT2D eigenvalue weighted by Crippen LogP contribution is -2.32. The minimum Gasteiger partial charge on any atom is -0.377 e. The van der Waals surface area contributed by atoms with Gasteiger partial charge in [-0.1, -0.05) is 22.9 Å². The molecule has 1 aromatic carbocycles. The van der Waals surface area contributed by atoms with Crippen LogP contribution >= 0.6 is 22.9 Å². The van der Waals surface area contributed by atoms with Crippen molar-refractivity contribution >= 4 is 44.0 Å². The number of sulfonamides is 1. The Morgan fingerprint density at radius 3 is 2.82 bits per heavy atom. The average Bonchev–Trinajstić information content (AvgIpc) is 3.18. The molecule has 2 heterocycles. The summed E-state index contributed by atoms with van der Waals surface area (Å²) >= 11 is 7.42. The van der Waals surface area contributed by atoms with Crippen LogP contribution in [-0.2, 0) is 14.8 Å². The van der Waals surface area contributed by atoms with E-state index in [4.69, 9.17) is 16.3 Å². The summed E-state index contributed by atoms with van der Waals surface area (Å²) in [5.74, 6) is -0.0175. The molecule has 0 bridgehead atoms. The second kappa shape index (κ2) is 8.03. The van der Waals surface area contributed by atoms with Gasteiger partial charge in [0.2, 0.25) is 15.2 Å². The molecule has 0 unspecified atom stereocenters. The lowest BCUT2D eigenvalue weighted by atomic mass is 10.2. The average molecular weight is 443 g/mol. The number of carbonyl (C=O) groups excluding carboxylic acids is 1. The normalized spacial score (nSPS) is 19.7. The standard InChI is InChI=1S/C17H19ClN4O4S2/c18-13-6-5-11(15(23)20-17-22-21-16(27-17)10-3-4-10)8-14(13)28(24,25)19-9-12-2-1-7-26-12/h5-6,8,10,12,19H,1-4,7,9H2,(H,20,22,23)/t12-/m0/s1. The third-order valence-corrected chi connectivity index (χ3v) is 7.50. The molecule has 0 spiro atoms. The molecule has 1 saturated heterocycles. The number of rotatable bonds is 7. The van der Waals surface area contributed by atoms with Crippen molar-refractivity contribution in [1.29, 1.82) is 0 Å². The molecule has 2 aliphatic rings. The van der Waals surface area contributed by atoms with E-state index < -0.39 is 15.9 Å². The summed E-state index contributed by atoms with van der Waals surface area (Å²) in [6, 6.07) is 4.13. The fourth-order valence-corrected chi connectivity index (χ4v) is 5.38. The maximum atomic E-state index is 12.6. The van der Waals surface area contributed by atoms with Crippen LogP contribution < -0.4 is 10.0 Å². The van der Waals surface area contributed by atoms with Crippen molar-refractivity contribution in [3.05, 3.63) is 33.8 Å². The molecule has 2 N–H and O–H groups in total. The third-order valence-electron chi connectivity index (χ3n) is 4.60. The number of aromatic nitrogens is 2. The first-order valence-corrected chi connectivity index (χ1v) is 11.7. The van der Waals surface area contributed by atoms with Crippen LogP contribution in [0.4, 0.5) is 5.13 Å². The summed E-state index contributed by atoms with van der Waals surface area (Å²) < 4.78 is 33.2. The van der Waals surface area contributed by atoms with Gasteiger partial charge < -0.3 is 4.74 Å². The van der Waals surface area contributed by atoms with Crippen LogP contribution in [-0.4, -0.2) is 43.8 Å². The lowest BCUT2D eigenvalue weighted by Gasteiger charge is -2.13. The molecule has 1 aliphatic heterocycles. The highest BCUT2D eigenvalue weighted by molar-refractivity contribution is 7.89. The SMILES string of the molecule is O=C(Nc1nnc(C2CC2)s1)c1ccc(Cl)c(S(=O)(=O)NC[C@@H]2CCCO2)c1. The van der Waals surface area contributed by atoms with Crippen LogP contribution in [0.5, 0.6) is 0 Å². The van der Waals surface area contributed by atoms with E-state index in [0.717, 1.165) is 30.7 Å². The van der Waals surface area contributed by atoms with Gasteiger partial charge in [-0.2, -0.15) is 0 Å². The topological polar surface area (TPSA) is 110 Å². The zero-order chi connectivity index (χ0) is 19.7. The molecule has 1 aliphatic carbocycles. The zero-order valence-electron chi connectivity index (χ0n) is 14.9. The number of halogens is 1. The minimum absolute atomic E-state index is 0.0447. The molecule has 2 aromatic rings. The first-order chi connectivity index (χ1) is 13.4. The van der Waals surface area contributed by atoms with E-state index in [9.17, 15) is 13.2 Å². The number of hydrogen-bond donors (Lipinski definition) is 2. The molecule has 150 valence electrons. The molecule has 1 aromatic heterocycles. The van der Waals surface area contributed by atoms with Crippen molar-refractivity contribution < 1.29 is 17.9 Å². The van der Waals surface area contributed by atoms with Crippen molar-refractivity contribution in [3.8, 4) is 0 Å². The Labute approximate surface area is 171 Å². The van der Waals surface area contributed by atoms with Gasteiger partial charge >= 0.3 is 0 Å². The second-order valence-electron chi connectivity index (χ2n) is 6.81. The molecule has 2 fully saturated rings. The highest BCUT2D eigenvalue weighted by Gasteiger charge is 2.28. The predicted molar refractivity (Wildman–Crippen MR) is 105 cm³/mol. The summed E-state index contributed by atoms with van der Waals surface area (Å²) in [6.45, 7) is 0.806. The molecule has 11 heteroatoms. The van der Waals surface area contributed by atoms with E-state index >= 15 is 0 Å². The summed E-state index contributed by atoms with van der Waals surface area (Å²) in [4.78, 5) is 12.4. The molecule has 28 heavy (non-hydrogen) atoms. The summed E-state index contributed by atoms with van der Waals surface area (Å²) in [7, 11) is -3.87. The Balaban J connectivity index is 1.47. The van der Waals surface area contributed by atoms with E-state index in [1.807, 2.05) is 0 Å². The first kappa shape index (κ1) is 19.7. The van der Waals surface area contributed by atoms with E-state index in [1.54, 1.807) is 0 Å². The predicted octanol–water partition coefficient (Wildman–Crippen LogP) is 2.78. The minimum atomic E-state index is -3.87. The molecular weight excluding hydrogens is 424 g/mol. The van der Waals surface area contributed by atoms with Gasteiger partial charge in [-0.25, -0.2) is 13.1 Å². The summed E-state index contributed by atoms with van der Waals surface area (Å²) in [5.41, 5.74) is 0.171. The number of hydrogen-bond acceptors (Lipinski definition) is 7. The fourth-order valence-electron chi connectivity index (χ4n) is 2.89. The van der Waals surface area contributed by atoms with E-state index in [-0.39, 0.29) is 28.1 Å². The van der Waals surface area contributed by atoms with Crippen LogP contribution in [0, 0.1) is 0 Å². The lowest BCUT2D eigenvalue weighted by molar-refractivity contribution is 0.102. The van der Waals surface area contributed by atoms with Crippen LogP contribution in [0.15, 0.2) is 23.1 Å². The Bertz CT molecular complexity index is 985. The quantitative estimate of drug-likeness (QED) is 0.682. The van der Waals surface area contributed by atoms with Gasteiger partial charge in [0, 0.05) is 24.6 Å². The molecule has 8 nitrogen and oxygen atoms in total. The van der Waals surface area contributed by atoms with E-state index in [1.165, 1.54) is 29.5 Å². The number of nitrogens with one attached hydrogen (secondary N) is 2. The molecular formula is C17H19ClN4O4S2. The van der Waals surface area contributed by atoms with Crippen molar-refractivity contribution in [2.24, 2.45) is 0 Å². The Hall–Kier alpha value is -1.59. The maximum Gasteiger partial charge on any atom is 0.257 e. The van der Waals surface area contributed by atoms with Crippen molar-refractivity contribution in [3.63, 3.8) is 0 Å². The van der Waals surface area contributed by atoms with Gasteiger partial charge in [-0.05, 0) is 43.9 Å². The van der Waals surface area contributed by atoms with E-state index in [0.29, 0.717) is 17.7 Å². The van der Waals surface area contributed by atoms with Crippen LogP contribution in [0.2, 0.25) is 5.02 Å². The van der Waals surface area contributed by atoms with Gasteiger partial charge in [0.1, 0.15) is 9.90 Å². The van der Waals surface area contributed by atoms with Crippen molar-refractivity contribution in [2.75, 3.05) is 18.5 Å². The second-order valence-corrected chi connectivity index (χ2v) is 9.96. The third kappa shape index (κ3) is 4.52. The molecule has 0 radical (unpaired) electrons. The number of benzene rings is 1. The van der Waals surface area contributed by atoms with Crippen molar-refractivity contribution in [1.82, 2.24) is 14.9 Å². The number of ether oxygens (including phenoxy) is 1. The number of anilines is 1. The van der Waals surface area contributed by atoms with E-state index in [2.05, 4.69) is 20.2 Å². The van der Waals surface area contributed by atoms with Gasteiger partial charge in [0.05, 0.1) is 11.1 Å². The summed E-state index contributed by atoms with van der Waals surface area (Å²) in [5, 5.41) is 12.1. The molecule has 4 rings (SSSR count). The van der Waals surface area contributed by atoms with Crippen LogP contribution in [0.3, 0.4) is 0 Å². The van der Waals surface area contributed by atoms with Crippen LogP contribution in [0.1, 0.15) is 47.0 Å². The maximum absolute atomic E-state index is 12.6. The van der Waals surface area contributed by atoms with Gasteiger partial charge in [-0.15, -0.1) is 10.2 Å². The first-order valence-electron chi connectivity index (χ1n) is 8.98. The van der Waals surface area contributed by atoms with Gasteiger partial charge in [0.25, 0.3) is 5.91 Å². The molecule has 1 saturated carbocycles. The fraction of sp³-hybridized carbons (Fsp3) is 0.471. The van der Waals surface area contributed by atoms with Crippen LogP contribution in [0.25, 0.3) is 0 Å². The Kier molecular flexibility index (Phi) is 5.66. The monoisotopic (exact) mass is 442 g/mol.